The summed E-state index contributed by atoms with van der Waals surface area (Å²) in [6, 6.07) is 11.8. The zero-order valence-corrected chi connectivity index (χ0v) is 14.6. The Morgan fingerprint density at radius 3 is 2.71 bits per heavy atom. The van der Waals surface area contributed by atoms with Crippen molar-refractivity contribution in [2.45, 2.75) is 19.4 Å². The smallest absolute Gasteiger partial charge is 0.336 e. The molecule has 2 aromatic rings. The monoisotopic (exact) mass is 369 g/mol. The third kappa shape index (κ3) is 6.14. The van der Waals surface area contributed by atoms with Gasteiger partial charge in [-0.1, -0.05) is 23.2 Å². The number of carbonyl (C=O) groups is 1. The number of carboxylic acid groups (broad SMARTS) is 1. The second-order valence-electron chi connectivity index (χ2n) is 5.04. The van der Waals surface area contributed by atoms with E-state index in [0.29, 0.717) is 17.9 Å². The Bertz CT molecular complexity index is 620. The summed E-state index contributed by atoms with van der Waals surface area (Å²) < 4.78 is 4.35. The third-order valence-corrected chi connectivity index (χ3v) is 4.89. The highest BCUT2D eigenvalue weighted by atomic mass is 32.2. The molecular formula is C16H19NO5S2. The molecule has 0 aliphatic rings. The Hall–Kier alpha value is -1.58. The minimum atomic E-state index is -0.896. The molecule has 6 nitrogen and oxygen atoms in total. The third-order valence-electron chi connectivity index (χ3n) is 3.35. The van der Waals surface area contributed by atoms with Gasteiger partial charge in [0.2, 0.25) is 0 Å². The molecule has 0 fully saturated rings. The fourth-order valence-corrected chi connectivity index (χ4v) is 3.53. The van der Waals surface area contributed by atoms with Gasteiger partial charge in [0.15, 0.2) is 0 Å². The van der Waals surface area contributed by atoms with E-state index in [1.807, 2.05) is 30.3 Å². The van der Waals surface area contributed by atoms with E-state index in [2.05, 4.69) is 14.3 Å². The Morgan fingerprint density at radius 1 is 1.25 bits per heavy atom. The molecule has 1 aromatic heterocycles. The summed E-state index contributed by atoms with van der Waals surface area (Å²) >= 11 is 2.52. The molecule has 2 rings (SSSR count). The summed E-state index contributed by atoms with van der Waals surface area (Å²) in [5.74, 6) is -0.183. The van der Waals surface area contributed by atoms with E-state index in [1.165, 1.54) is 11.3 Å². The standard InChI is InChI=1S/C16H19NO5S2/c18-16(19)13-10-15(23-12-13)11-17(14-6-2-1-3-7-14)8-4-5-9-24-22-21-20/h1-3,6-7,10,12,20H,4-5,8-9,11H2,(H,18,19). The number of nitrogens with zero attached hydrogens (tertiary/aromatic N) is 1. The lowest BCUT2D eigenvalue weighted by atomic mass is 10.2. The van der Waals surface area contributed by atoms with Crippen LogP contribution in [0.15, 0.2) is 41.8 Å². The number of hydrogen-bond acceptors (Lipinski definition) is 7. The SMILES string of the molecule is O=C(O)c1csc(CN(CCCCSOOO)c2ccccc2)c1. The molecule has 8 heteroatoms. The molecule has 2 N–H and O–H groups in total. The van der Waals surface area contributed by atoms with Crippen LogP contribution in [0.3, 0.4) is 0 Å². The molecule has 0 bridgehead atoms. The summed E-state index contributed by atoms with van der Waals surface area (Å²) in [5.41, 5.74) is 1.44. The van der Waals surface area contributed by atoms with Crippen LogP contribution in [0.1, 0.15) is 28.1 Å². The van der Waals surface area contributed by atoms with Crippen molar-refractivity contribution in [3.8, 4) is 0 Å². The number of thiophene rings is 1. The second-order valence-corrected chi connectivity index (χ2v) is 6.81. The van der Waals surface area contributed by atoms with Crippen LogP contribution in [-0.2, 0) is 15.9 Å². The number of anilines is 1. The van der Waals surface area contributed by atoms with Gasteiger partial charge in [-0.2, -0.15) is 0 Å². The Balaban J connectivity index is 1.94. The highest BCUT2D eigenvalue weighted by molar-refractivity contribution is 7.94. The highest BCUT2D eigenvalue weighted by Crippen LogP contribution is 2.22. The molecule has 0 saturated heterocycles. The van der Waals surface area contributed by atoms with Crippen LogP contribution in [0.2, 0.25) is 0 Å². The van der Waals surface area contributed by atoms with E-state index < -0.39 is 5.97 Å². The summed E-state index contributed by atoms with van der Waals surface area (Å²) in [6.07, 6.45) is 1.84. The number of rotatable bonds is 11. The Morgan fingerprint density at radius 2 is 2.04 bits per heavy atom. The lowest BCUT2D eigenvalue weighted by molar-refractivity contribution is -0.432. The van der Waals surface area contributed by atoms with E-state index >= 15 is 0 Å². The average molecular weight is 369 g/mol. The first-order chi connectivity index (χ1) is 11.7. The predicted molar refractivity (Wildman–Crippen MR) is 95.3 cm³/mol. The Labute approximate surface area is 148 Å². The fourth-order valence-electron chi connectivity index (χ4n) is 2.22. The minimum Gasteiger partial charge on any atom is -0.478 e. The molecule has 0 radical (unpaired) electrons. The van der Waals surface area contributed by atoms with Gasteiger partial charge in [0.1, 0.15) is 0 Å². The zero-order valence-electron chi connectivity index (χ0n) is 13.0. The molecule has 1 aromatic carbocycles. The van der Waals surface area contributed by atoms with Crippen LogP contribution in [-0.4, -0.2) is 28.6 Å². The molecular weight excluding hydrogens is 350 g/mol. The van der Waals surface area contributed by atoms with Gasteiger partial charge in [-0.05, 0) is 31.0 Å². The molecule has 0 unspecified atom stereocenters. The molecule has 0 aliphatic carbocycles. The van der Waals surface area contributed by atoms with Gasteiger partial charge >= 0.3 is 5.97 Å². The van der Waals surface area contributed by atoms with E-state index in [-0.39, 0.29) is 0 Å². The zero-order chi connectivity index (χ0) is 17.2. The van der Waals surface area contributed by atoms with Crippen molar-refractivity contribution in [1.29, 1.82) is 0 Å². The van der Waals surface area contributed by atoms with Gasteiger partial charge < -0.3 is 10.0 Å². The molecule has 0 spiro atoms. The number of para-hydroxylation sites is 1. The van der Waals surface area contributed by atoms with Crippen LogP contribution in [0.4, 0.5) is 5.69 Å². The lowest BCUT2D eigenvalue weighted by Crippen LogP contribution is -2.23. The van der Waals surface area contributed by atoms with E-state index in [4.69, 9.17) is 10.4 Å². The maximum Gasteiger partial charge on any atom is 0.336 e. The fraction of sp³-hybridized carbons (Fsp3) is 0.312. The topological polar surface area (TPSA) is 79.2 Å². The number of unbranched alkanes of at least 4 members (excludes halogenated alkanes) is 1. The number of benzene rings is 1. The van der Waals surface area contributed by atoms with Gasteiger partial charge in [-0.25, -0.2) is 10.1 Å². The van der Waals surface area contributed by atoms with Gasteiger partial charge in [-0.15, -0.1) is 15.7 Å². The van der Waals surface area contributed by atoms with Gasteiger partial charge in [0, 0.05) is 40.3 Å². The van der Waals surface area contributed by atoms with Crippen LogP contribution >= 0.6 is 23.4 Å². The highest BCUT2D eigenvalue weighted by Gasteiger charge is 2.11. The predicted octanol–water partition coefficient (Wildman–Crippen LogP) is 4.30. The van der Waals surface area contributed by atoms with Crippen LogP contribution in [0.25, 0.3) is 0 Å². The van der Waals surface area contributed by atoms with Crippen molar-refractivity contribution in [2.75, 3.05) is 17.2 Å². The van der Waals surface area contributed by atoms with E-state index in [0.717, 1.165) is 42.0 Å². The van der Waals surface area contributed by atoms with Crippen molar-refractivity contribution in [3.05, 3.63) is 52.2 Å². The quantitative estimate of drug-likeness (QED) is 0.264. The summed E-state index contributed by atoms with van der Waals surface area (Å²) in [6.45, 7) is 1.51. The second kappa shape index (κ2) is 10.3. The molecule has 0 saturated carbocycles. The average Bonchev–Trinajstić information content (AvgIpc) is 3.06. The maximum atomic E-state index is 11.0. The molecule has 1 heterocycles. The van der Waals surface area contributed by atoms with Crippen molar-refractivity contribution in [2.24, 2.45) is 0 Å². The first-order valence-corrected chi connectivity index (χ1v) is 9.20. The van der Waals surface area contributed by atoms with E-state index in [9.17, 15) is 4.79 Å². The van der Waals surface area contributed by atoms with Crippen molar-refractivity contribution in [1.82, 2.24) is 0 Å². The molecule has 0 amide bonds. The minimum absolute atomic E-state index is 0.334. The van der Waals surface area contributed by atoms with Crippen LogP contribution in [0.5, 0.6) is 0 Å². The molecule has 130 valence electrons. The summed E-state index contributed by atoms with van der Waals surface area (Å²) in [5, 5.41) is 22.3. The first-order valence-electron chi connectivity index (χ1n) is 7.41. The van der Waals surface area contributed by atoms with Crippen LogP contribution in [0, 0.1) is 0 Å². The number of hydrogen-bond donors (Lipinski definition) is 2. The van der Waals surface area contributed by atoms with Gasteiger partial charge in [-0.3, -0.25) is 0 Å². The molecule has 0 atom stereocenters. The summed E-state index contributed by atoms with van der Waals surface area (Å²) in [4.78, 5) is 14.3. The maximum absolute atomic E-state index is 11.0. The normalized spacial score (nSPS) is 10.7. The molecule has 24 heavy (non-hydrogen) atoms. The lowest BCUT2D eigenvalue weighted by Gasteiger charge is -2.24. The van der Waals surface area contributed by atoms with Crippen LogP contribution < -0.4 is 4.90 Å². The largest absolute Gasteiger partial charge is 0.478 e. The van der Waals surface area contributed by atoms with E-state index in [1.54, 1.807) is 11.4 Å². The number of aromatic carboxylic acids is 1. The van der Waals surface area contributed by atoms with Gasteiger partial charge in [0.05, 0.1) is 12.1 Å². The first kappa shape index (κ1) is 18.8. The van der Waals surface area contributed by atoms with Crippen molar-refractivity contribution in [3.63, 3.8) is 0 Å². The van der Waals surface area contributed by atoms with Gasteiger partial charge in [0.25, 0.3) is 0 Å². The Kier molecular flexibility index (Phi) is 8.06. The van der Waals surface area contributed by atoms with Crippen molar-refractivity contribution < 1.29 is 24.5 Å². The van der Waals surface area contributed by atoms with Crippen molar-refractivity contribution >= 4 is 35.0 Å². The number of carboxylic acids is 1. The molecule has 0 aliphatic heterocycles. The summed E-state index contributed by atoms with van der Waals surface area (Å²) in [7, 11) is 0.